The summed E-state index contributed by atoms with van der Waals surface area (Å²) in [6, 6.07) is 7.27. The van der Waals surface area contributed by atoms with E-state index < -0.39 is 5.97 Å². The second kappa shape index (κ2) is 5.26. The lowest BCUT2D eigenvalue weighted by molar-refractivity contribution is -0.141. The van der Waals surface area contributed by atoms with E-state index in [2.05, 4.69) is 20.3 Å². The molecule has 1 aromatic carbocycles. The average molecular weight is 248 g/mol. The van der Waals surface area contributed by atoms with Crippen LogP contribution in [-0.2, 0) is 16.1 Å². The number of carbonyl (C=O) groups excluding carboxylic acids is 1. The number of methoxy groups -OCH3 is 2. The molecule has 0 bridgehead atoms. The Labute approximate surface area is 103 Å². The molecule has 0 amide bonds. The fourth-order valence-electron chi connectivity index (χ4n) is 1.47. The molecule has 0 aliphatic carbocycles. The first-order chi connectivity index (χ1) is 8.74. The van der Waals surface area contributed by atoms with Crippen LogP contribution in [0.3, 0.4) is 0 Å². The fraction of sp³-hybridized carbons (Fsp3) is 0.273. The summed E-state index contributed by atoms with van der Waals surface area (Å²) in [5.74, 6) is 0.769. The van der Waals surface area contributed by atoms with Crippen molar-refractivity contribution in [2.24, 2.45) is 0 Å². The number of tetrazole rings is 1. The molecule has 7 heteroatoms. The molecule has 0 radical (unpaired) electrons. The van der Waals surface area contributed by atoms with Gasteiger partial charge in [0.25, 0.3) is 0 Å². The van der Waals surface area contributed by atoms with Crippen molar-refractivity contribution in [1.29, 1.82) is 0 Å². The second-order valence-electron chi connectivity index (χ2n) is 3.47. The van der Waals surface area contributed by atoms with Gasteiger partial charge in [0.1, 0.15) is 12.3 Å². The lowest BCUT2D eigenvalue weighted by atomic mass is 10.2. The minimum atomic E-state index is -0.411. The van der Waals surface area contributed by atoms with Gasteiger partial charge in [-0.1, -0.05) is 12.1 Å². The number of esters is 1. The van der Waals surface area contributed by atoms with Crippen molar-refractivity contribution in [3.05, 3.63) is 24.3 Å². The van der Waals surface area contributed by atoms with E-state index in [-0.39, 0.29) is 6.54 Å². The van der Waals surface area contributed by atoms with Gasteiger partial charge in [-0.2, -0.15) is 0 Å². The Morgan fingerprint density at radius 2 is 2.22 bits per heavy atom. The monoisotopic (exact) mass is 248 g/mol. The van der Waals surface area contributed by atoms with Crippen molar-refractivity contribution in [3.63, 3.8) is 0 Å². The van der Waals surface area contributed by atoms with Gasteiger partial charge in [-0.25, -0.2) is 4.68 Å². The summed E-state index contributed by atoms with van der Waals surface area (Å²) in [7, 11) is 2.90. The molecule has 18 heavy (non-hydrogen) atoms. The maximum atomic E-state index is 11.2. The summed E-state index contributed by atoms with van der Waals surface area (Å²) in [4.78, 5) is 11.2. The first kappa shape index (κ1) is 12.0. The molecular formula is C11H12N4O3. The van der Waals surface area contributed by atoms with Gasteiger partial charge in [-0.3, -0.25) is 4.79 Å². The molecule has 0 aliphatic rings. The van der Waals surface area contributed by atoms with Crippen LogP contribution in [0.4, 0.5) is 0 Å². The highest BCUT2D eigenvalue weighted by molar-refractivity contribution is 5.70. The molecule has 0 fully saturated rings. The molecule has 1 heterocycles. The van der Waals surface area contributed by atoms with Gasteiger partial charge >= 0.3 is 5.97 Å². The molecule has 1 aromatic heterocycles. The molecule has 0 atom stereocenters. The van der Waals surface area contributed by atoms with E-state index in [1.165, 1.54) is 11.8 Å². The average Bonchev–Trinajstić information content (AvgIpc) is 2.86. The molecule has 0 saturated heterocycles. The SMILES string of the molecule is COC(=O)Cn1nnnc1-c1cccc(OC)c1. The van der Waals surface area contributed by atoms with Crippen molar-refractivity contribution >= 4 is 5.97 Å². The summed E-state index contributed by atoms with van der Waals surface area (Å²) in [5, 5.41) is 11.2. The van der Waals surface area contributed by atoms with Gasteiger partial charge < -0.3 is 9.47 Å². The largest absolute Gasteiger partial charge is 0.497 e. The Balaban J connectivity index is 2.32. The van der Waals surface area contributed by atoms with Gasteiger partial charge in [0.2, 0.25) is 0 Å². The third-order valence-corrected chi connectivity index (χ3v) is 2.37. The Morgan fingerprint density at radius 3 is 2.94 bits per heavy atom. The lowest BCUT2D eigenvalue weighted by Crippen LogP contribution is -2.14. The predicted octanol–water partition coefficient (Wildman–Crippen LogP) is 0.522. The molecule has 2 aromatic rings. The van der Waals surface area contributed by atoms with Crippen LogP contribution >= 0.6 is 0 Å². The molecule has 0 spiro atoms. The van der Waals surface area contributed by atoms with Crippen LogP contribution < -0.4 is 4.74 Å². The second-order valence-corrected chi connectivity index (χ2v) is 3.47. The first-order valence-electron chi connectivity index (χ1n) is 5.22. The first-order valence-corrected chi connectivity index (χ1v) is 5.22. The number of aromatic nitrogens is 4. The van der Waals surface area contributed by atoms with E-state index in [1.54, 1.807) is 13.2 Å². The van der Waals surface area contributed by atoms with E-state index in [9.17, 15) is 4.79 Å². The number of carbonyl (C=O) groups is 1. The van der Waals surface area contributed by atoms with E-state index >= 15 is 0 Å². The van der Waals surface area contributed by atoms with Crippen LogP contribution in [0.15, 0.2) is 24.3 Å². The number of ether oxygens (including phenoxy) is 2. The normalized spacial score (nSPS) is 10.1. The third kappa shape index (κ3) is 2.45. The highest BCUT2D eigenvalue weighted by Crippen LogP contribution is 2.21. The Hall–Kier alpha value is -2.44. The number of rotatable bonds is 4. The van der Waals surface area contributed by atoms with E-state index in [0.29, 0.717) is 11.6 Å². The van der Waals surface area contributed by atoms with Gasteiger partial charge in [-0.05, 0) is 22.6 Å². The Bertz CT molecular complexity index is 553. The van der Waals surface area contributed by atoms with Gasteiger partial charge in [0.05, 0.1) is 14.2 Å². The zero-order valence-electron chi connectivity index (χ0n) is 10.0. The minimum absolute atomic E-state index is 0.0317. The zero-order valence-corrected chi connectivity index (χ0v) is 10.0. The van der Waals surface area contributed by atoms with E-state index in [1.807, 2.05) is 18.2 Å². The summed E-state index contributed by atoms with van der Waals surface area (Å²) in [5.41, 5.74) is 0.767. The Kier molecular flexibility index (Phi) is 3.52. The fourth-order valence-corrected chi connectivity index (χ4v) is 1.47. The summed E-state index contributed by atoms with van der Waals surface area (Å²) in [6.07, 6.45) is 0. The minimum Gasteiger partial charge on any atom is -0.497 e. The van der Waals surface area contributed by atoms with Crippen LogP contribution in [-0.4, -0.2) is 40.4 Å². The molecule has 2 rings (SSSR count). The van der Waals surface area contributed by atoms with Gasteiger partial charge in [0, 0.05) is 5.56 Å². The molecule has 7 nitrogen and oxygen atoms in total. The molecule has 0 unspecified atom stereocenters. The van der Waals surface area contributed by atoms with E-state index in [0.717, 1.165) is 5.56 Å². The summed E-state index contributed by atoms with van der Waals surface area (Å²) >= 11 is 0. The molecule has 94 valence electrons. The molecule has 0 N–H and O–H groups in total. The van der Waals surface area contributed by atoms with Crippen molar-refractivity contribution in [1.82, 2.24) is 20.2 Å². The quantitative estimate of drug-likeness (QED) is 0.734. The highest BCUT2D eigenvalue weighted by Gasteiger charge is 2.12. The lowest BCUT2D eigenvalue weighted by Gasteiger charge is -2.05. The van der Waals surface area contributed by atoms with Gasteiger partial charge in [0.15, 0.2) is 5.82 Å². The topological polar surface area (TPSA) is 79.1 Å². The van der Waals surface area contributed by atoms with Crippen LogP contribution in [0, 0.1) is 0 Å². The molecule has 0 saturated carbocycles. The number of nitrogens with zero attached hydrogens (tertiary/aromatic N) is 4. The van der Waals surface area contributed by atoms with Gasteiger partial charge in [-0.15, -0.1) is 5.10 Å². The summed E-state index contributed by atoms with van der Waals surface area (Å²) < 4.78 is 11.1. The summed E-state index contributed by atoms with van der Waals surface area (Å²) in [6.45, 7) is -0.0317. The maximum absolute atomic E-state index is 11.2. The van der Waals surface area contributed by atoms with Crippen LogP contribution in [0.2, 0.25) is 0 Å². The smallest absolute Gasteiger partial charge is 0.327 e. The third-order valence-electron chi connectivity index (χ3n) is 2.37. The van der Waals surface area contributed by atoms with E-state index in [4.69, 9.17) is 4.74 Å². The zero-order chi connectivity index (χ0) is 13.0. The van der Waals surface area contributed by atoms with Crippen LogP contribution in [0.5, 0.6) is 5.75 Å². The molecular weight excluding hydrogens is 236 g/mol. The number of hydrogen-bond acceptors (Lipinski definition) is 6. The van der Waals surface area contributed by atoms with Crippen LogP contribution in [0.25, 0.3) is 11.4 Å². The Morgan fingerprint density at radius 1 is 1.39 bits per heavy atom. The van der Waals surface area contributed by atoms with Crippen molar-refractivity contribution in [2.75, 3.05) is 14.2 Å². The molecule has 0 aliphatic heterocycles. The van der Waals surface area contributed by atoms with Crippen molar-refractivity contribution < 1.29 is 14.3 Å². The van der Waals surface area contributed by atoms with Crippen LogP contribution in [0.1, 0.15) is 0 Å². The van der Waals surface area contributed by atoms with Crippen molar-refractivity contribution in [2.45, 2.75) is 6.54 Å². The van der Waals surface area contributed by atoms with Crippen molar-refractivity contribution in [3.8, 4) is 17.1 Å². The number of hydrogen-bond donors (Lipinski definition) is 0. The maximum Gasteiger partial charge on any atom is 0.327 e. The predicted molar refractivity (Wildman–Crippen MR) is 61.8 cm³/mol. The highest BCUT2D eigenvalue weighted by atomic mass is 16.5. The standard InChI is InChI=1S/C11H12N4O3/c1-17-9-5-3-4-8(6-9)11-12-13-14-15(11)7-10(16)18-2/h3-6H,7H2,1-2H3. The number of benzene rings is 1.